The highest BCUT2D eigenvalue weighted by atomic mass is 32.2. The normalized spacial score (nSPS) is 23.2. The van der Waals surface area contributed by atoms with Crippen LogP contribution in [0.4, 0.5) is 5.82 Å². The van der Waals surface area contributed by atoms with Crippen LogP contribution in [0, 0.1) is 5.92 Å². The molecule has 1 fully saturated rings. The molecule has 0 saturated carbocycles. The molecule has 2 aromatic rings. The first kappa shape index (κ1) is 22.3. The molecule has 0 radical (unpaired) electrons. The van der Waals surface area contributed by atoms with E-state index >= 15 is 0 Å². The highest BCUT2D eigenvalue weighted by molar-refractivity contribution is 7.85. The Hall–Kier alpha value is -2.39. The molecule has 3 rings (SSSR count). The minimum Gasteiger partial charge on any atom is -0.390 e. The van der Waals surface area contributed by atoms with Gasteiger partial charge in [0.15, 0.2) is 11.5 Å². The molecule has 0 unspecified atom stereocenters. The number of anilines is 1. The van der Waals surface area contributed by atoms with Gasteiger partial charge in [-0.05, 0) is 12.3 Å². The number of fused-ring (bicyclic) bond motifs is 1. The molecule has 1 amide bonds. The predicted octanol–water partition coefficient (Wildman–Crippen LogP) is -1.19. The second-order valence-corrected chi connectivity index (χ2v) is 8.80. The van der Waals surface area contributed by atoms with Crippen molar-refractivity contribution < 1.29 is 27.2 Å². The zero-order chi connectivity index (χ0) is 22.1. The molecule has 0 spiro atoms. The summed E-state index contributed by atoms with van der Waals surface area (Å²) in [5.74, 6) is -0.542. The van der Waals surface area contributed by atoms with Crippen LogP contribution in [0.5, 0.6) is 0 Å². The first-order valence-corrected chi connectivity index (χ1v) is 10.7. The summed E-state index contributed by atoms with van der Waals surface area (Å²) in [7, 11) is -4.41. The summed E-state index contributed by atoms with van der Waals surface area (Å²) in [6, 6.07) is -0.981. The number of imidazole rings is 1. The average Bonchev–Trinajstić information content (AvgIpc) is 3.23. The summed E-state index contributed by atoms with van der Waals surface area (Å²) >= 11 is 0. The summed E-state index contributed by atoms with van der Waals surface area (Å²) in [6.45, 7) is 3.22. The SMILES string of the molecule is CC(C)C[C@H](N)C(=O)NS(=O)(=O)OC[C@H]1O[C@@H](n2cnc3c(N)ncnc32)C[C@@H]1O. The molecular formula is C16H25N7O6S. The average molecular weight is 443 g/mol. The quantitative estimate of drug-likeness (QED) is 0.382. The van der Waals surface area contributed by atoms with Gasteiger partial charge in [0.2, 0.25) is 0 Å². The maximum Gasteiger partial charge on any atom is 0.362 e. The molecule has 1 aliphatic heterocycles. The van der Waals surface area contributed by atoms with Crippen molar-refractivity contribution >= 4 is 33.2 Å². The Morgan fingerprint density at radius 3 is 2.87 bits per heavy atom. The number of aliphatic hydroxyl groups excluding tert-OH is 1. The second-order valence-electron chi connectivity index (χ2n) is 7.46. The number of nitrogens with one attached hydrogen (secondary N) is 1. The molecular weight excluding hydrogens is 418 g/mol. The van der Waals surface area contributed by atoms with Crippen LogP contribution in [0.15, 0.2) is 12.7 Å². The highest BCUT2D eigenvalue weighted by Gasteiger charge is 2.37. The van der Waals surface area contributed by atoms with E-state index in [0.717, 1.165) is 0 Å². The van der Waals surface area contributed by atoms with Gasteiger partial charge in [-0.25, -0.2) is 19.7 Å². The van der Waals surface area contributed by atoms with Crippen molar-refractivity contribution in [2.75, 3.05) is 12.3 Å². The zero-order valence-corrected chi connectivity index (χ0v) is 17.3. The van der Waals surface area contributed by atoms with Gasteiger partial charge in [-0.3, -0.25) is 13.5 Å². The van der Waals surface area contributed by atoms with Gasteiger partial charge in [-0.2, -0.15) is 8.42 Å². The lowest BCUT2D eigenvalue weighted by atomic mass is 10.0. The van der Waals surface area contributed by atoms with Crippen molar-refractivity contribution in [2.45, 2.75) is 51.2 Å². The topological polar surface area (TPSA) is 198 Å². The number of carbonyl (C=O) groups excluding carboxylic acids is 1. The lowest BCUT2D eigenvalue weighted by Gasteiger charge is -2.17. The van der Waals surface area contributed by atoms with E-state index in [0.29, 0.717) is 17.6 Å². The minimum absolute atomic E-state index is 0.119. The van der Waals surface area contributed by atoms with Crippen molar-refractivity contribution in [1.82, 2.24) is 24.2 Å². The monoisotopic (exact) mass is 443 g/mol. The van der Waals surface area contributed by atoms with Crippen molar-refractivity contribution in [3.8, 4) is 0 Å². The molecule has 0 aromatic carbocycles. The molecule has 13 nitrogen and oxygen atoms in total. The lowest BCUT2D eigenvalue weighted by molar-refractivity contribution is -0.121. The van der Waals surface area contributed by atoms with E-state index in [9.17, 15) is 18.3 Å². The van der Waals surface area contributed by atoms with Crippen LogP contribution in [0.1, 0.15) is 32.9 Å². The summed E-state index contributed by atoms with van der Waals surface area (Å²) < 4.78 is 37.9. The van der Waals surface area contributed by atoms with Gasteiger partial charge in [0.05, 0.1) is 25.1 Å². The van der Waals surface area contributed by atoms with Crippen LogP contribution in [-0.4, -0.2) is 63.8 Å². The highest BCUT2D eigenvalue weighted by Crippen LogP contribution is 2.31. The number of hydrogen-bond acceptors (Lipinski definition) is 11. The fourth-order valence-electron chi connectivity index (χ4n) is 3.12. The third kappa shape index (κ3) is 5.02. The summed E-state index contributed by atoms with van der Waals surface area (Å²) in [4.78, 5) is 24.0. The molecule has 6 N–H and O–H groups in total. The number of aliphatic hydroxyl groups is 1. The number of hydrogen-bond donors (Lipinski definition) is 4. The zero-order valence-electron chi connectivity index (χ0n) is 16.5. The third-order valence-electron chi connectivity index (χ3n) is 4.58. The third-order valence-corrected chi connectivity index (χ3v) is 5.47. The molecule has 2 aromatic heterocycles. The molecule has 1 aliphatic rings. The number of carbonyl (C=O) groups is 1. The number of aromatic nitrogens is 4. The Morgan fingerprint density at radius 2 is 2.17 bits per heavy atom. The van der Waals surface area contributed by atoms with Crippen molar-refractivity contribution in [2.24, 2.45) is 11.7 Å². The number of nitrogen functional groups attached to an aromatic ring is 1. The standard InChI is InChI=1S/C16H25N7O6S/c1-8(2)3-9(17)16(25)22-30(26,27)28-5-11-10(24)4-12(29-11)23-7-21-13-14(18)19-6-20-15(13)23/h6-12,24H,3-5,17H2,1-2H3,(H,22,25)(H2,18,19,20)/t9-,10-,11+,12+/m0/s1. The fraction of sp³-hybridized carbons (Fsp3) is 0.625. The first-order valence-electron chi connectivity index (χ1n) is 9.30. The van der Waals surface area contributed by atoms with Crippen LogP contribution in [-0.2, 0) is 24.0 Å². The molecule has 30 heavy (non-hydrogen) atoms. The lowest BCUT2D eigenvalue weighted by Crippen LogP contribution is -2.45. The Labute approximate surface area is 173 Å². The van der Waals surface area contributed by atoms with Gasteiger partial charge in [0, 0.05) is 6.42 Å². The van der Waals surface area contributed by atoms with Crippen LogP contribution >= 0.6 is 0 Å². The van der Waals surface area contributed by atoms with E-state index < -0.39 is 47.3 Å². The second kappa shape index (κ2) is 8.77. The maximum atomic E-state index is 12.0. The van der Waals surface area contributed by atoms with E-state index in [1.165, 1.54) is 12.7 Å². The molecule has 1 saturated heterocycles. The number of ether oxygens (including phenoxy) is 1. The Kier molecular flexibility index (Phi) is 6.52. The van der Waals surface area contributed by atoms with Crippen LogP contribution in [0.2, 0.25) is 0 Å². The smallest absolute Gasteiger partial charge is 0.362 e. The van der Waals surface area contributed by atoms with Crippen molar-refractivity contribution in [1.29, 1.82) is 0 Å². The fourth-order valence-corrected chi connectivity index (χ4v) is 3.89. The first-order chi connectivity index (χ1) is 14.1. The summed E-state index contributed by atoms with van der Waals surface area (Å²) in [6.07, 6.45) is 0.563. The van der Waals surface area contributed by atoms with Crippen LogP contribution in [0.25, 0.3) is 11.2 Å². The van der Waals surface area contributed by atoms with Crippen molar-refractivity contribution in [3.63, 3.8) is 0 Å². The van der Waals surface area contributed by atoms with E-state index in [1.54, 1.807) is 9.29 Å². The largest absolute Gasteiger partial charge is 0.390 e. The van der Waals surface area contributed by atoms with Gasteiger partial charge in [0.1, 0.15) is 24.2 Å². The van der Waals surface area contributed by atoms with Crippen LogP contribution in [0.3, 0.4) is 0 Å². The van der Waals surface area contributed by atoms with Gasteiger partial charge in [0.25, 0.3) is 5.91 Å². The molecule has 0 bridgehead atoms. The molecule has 166 valence electrons. The summed E-state index contributed by atoms with van der Waals surface area (Å²) in [5.41, 5.74) is 12.2. The van der Waals surface area contributed by atoms with Gasteiger partial charge < -0.3 is 21.3 Å². The molecule has 4 atom stereocenters. The Bertz CT molecular complexity index is 1010. The van der Waals surface area contributed by atoms with Gasteiger partial charge in [-0.15, -0.1) is 0 Å². The van der Waals surface area contributed by atoms with Crippen LogP contribution < -0.4 is 16.2 Å². The summed E-state index contributed by atoms with van der Waals surface area (Å²) in [5, 5.41) is 10.3. The number of nitrogens with zero attached hydrogens (tertiary/aromatic N) is 4. The molecule has 3 heterocycles. The maximum absolute atomic E-state index is 12.0. The Balaban J connectivity index is 1.60. The van der Waals surface area contributed by atoms with E-state index in [1.807, 2.05) is 13.8 Å². The number of amides is 1. The van der Waals surface area contributed by atoms with E-state index in [4.69, 9.17) is 20.4 Å². The molecule has 0 aliphatic carbocycles. The number of rotatable bonds is 8. The minimum atomic E-state index is -4.41. The van der Waals surface area contributed by atoms with Gasteiger partial charge >= 0.3 is 10.3 Å². The predicted molar refractivity (Wildman–Crippen MR) is 105 cm³/mol. The van der Waals surface area contributed by atoms with Crippen molar-refractivity contribution in [3.05, 3.63) is 12.7 Å². The number of nitrogens with two attached hydrogens (primary N) is 2. The van der Waals surface area contributed by atoms with Gasteiger partial charge in [-0.1, -0.05) is 13.8 Å². The van der Waals surface area contributed by atoms with E-state index in [2.05, 4.69) is 15.0 Å². The van der Waals surface area contributed by atoms with E-state index in [-0.39, 0.29) is 18.2 Å². The molecule has 14 heteroatoms. The Morgan fingerprint density at radius 1 is 1.43 bits per heavy atom.